The van der Waals surface area contributed by atoms with E-state index in [1.165, 1.54) is 89.9 Å². The molecule has 0 aromatic carbocycles. The molecule has 22 heteroatoms. The van der Waals surface area contributed by atoms with Gasteiger partial charge in [0.25, 0.3) is 0 Å². The first-order valence-electron chi connectivity index (χ1n) is 31.1. The number of unbranched alkanes of at least 4 members (excludes halogenated alkanes) is 14. The third-order valence-corrected chi connectivity index (χ3v) is 11.6. The van der Waals surface area contributed by atoms with E-state index in [-0.39, 0.29) is 6.61 Å². The van der Waals surface area contributed by atoms with Crippen LogP contribution in [0.4, 0.5) is 0 Å². The van der Waals surface area contributed by atoms with E-state index >= 15 is 0 Å². The van der Waals surface area contributed by atoms with Crippen molar-refractivity contribution in [1.29, 1.82) is 0 Å². The van der Waals surface area contributed by atoms with Crippen LogP contribution in [0.2, 0.25) is 0 Å². The normalized spacial score (nSPS) is 11.8. The van der Waals surface area contributed by atoms with Crippen molar-refractivity contribution in [3.05, 3.63) is 0 Å². The molecule has 81 heavy (non-hydrogen) atoms. The zero-order chi connectivity index (χ0) is 57.9. The van der Waals surface area contributed by atoms with Crippen LogP contribution in [0.3, 0.4) is 0 Å². The second kappa shape index (κ2) is 79.1. The molecule has 0 amide bonds. The zero-order valence-electron chi connectivity index (χ0n) is 51.0. The number of hydrogen-bond acceptors (Lipinski definition) is 22. The largest absolute Gasteiger partial charge is 0.394 e. The molecule has 0 saturated heterocycles. The quantitative estimate of drug-likeness (QED) is 0.0672. The highest BCUT2D eigenvalue weighted by Gasteiger charge is 2.01. The van der Waals surface area contributed by atoms with Gasteiger partial charge in [0, 0.05) is 6.61 Å². The monoisotopic (exact) mass is 1180 g/mol. The average molecular weight is 1180 g/mol. The molecule has 0 fully saturated rings. The van der Waals surface area contributed by atoms with Crippen LogP contribution < -0.4 is 0 Å². The Morgan fingerprint density at radius 3 is 0.383 bits per heavy atom. The lowest BCUT2D eigenvalue weighted by Gasteiger charge is -2.09. The minimum absolute atomic E-state index is 0.0197. The highest BCUT2D eigenvalue weighted by atomic mass is 16.6. The van der Waals surface area contributed by atoms with Crippen molar-refractivity contribution in [3.8, 4) is 0 Å². The third-order valence-electron chi connectivity index (χ3n) is 11.6. The summed E-state index contributed by atoms with van der Waals surface area (Å²) in [6.07, 6.45) is 20.6. The minimum Gasteiger partial charge on any atom is -0.394 e. The lowest BCUT2D eigenvalue weighted by atomic mass is 10.0. The summed E-state index contributed by atoms with van der Waals surface area (Å²) in [7, 11) is 0. The Labute approximate surface area is 490 Å². The Bertz CT molecular complexity index is 986. The Kier molecular flexibility index (Phi) is 78.3. The lowest BCUT2D eigenvalue weighted by Crippen LogP contribution is -2.16. The van der Waals surface area contributed by atoms with Gasteiger partial charge in [-0.1, -0.05) is 96.8 Å². The fourth-order valence-corrected chi connectivity index (χ4v) is 7.14. The highest BCUT2D eigenvalue weighted by Crippen LogP contribution is 2.13. The summed E-state index contributed by atoms with van der Waals surface area (Å²) in [5.74, 6) is 0. The summed E-state index contributed by atoms with van der Waals surface area (Å²) in [4.78, 5) is 0. The first-order valence-corrected chi connectivity index (χ1v) is 31.1. The van der Waals surface area contributed by atoms with Crippen molar-refractivity contribution in [2.45, 2.75) is 103 Å². The first-order chi connectivity index (χ1) is 40.4. The Balaban J connectivity index is 3.08. The Hall–Kier alpha value is -0.880. The Morgan fingerprint density at radius 2 is 0.247 bits per heavy atom. The van der Waals surface area contributed by atoms with Crippen molar-refractivity contribution >= 4 is 0 Å². The van der Waals surface area contributed by atoms with Crippen LogP contribution >= 0.6 is 0 Å². The van der Waals surface area contributed by atoms with Gasteiger partial charge in [0.1, 0.15) is 0 Å². The molecule has 1 N–H and O–H groups in total. The number of aliphatic hydroxyl groups is 1. The van der Waals surface area contributed by atoms with E-state index in [1.807, 2.05) is 0 Å². The van der Waals surface area contributed by atoms with Gasteiger partial charge in [-0.15, -0.1) is 0 Å². The van der Waals surface area contributed by atoms with E-state index < -0.39 is 0 Å². The molecular formula is C59H120O22. The van der Waals surface area contributed by atoms with Gasteiger partial charge in [0.2, 0.25) is 0 Å². The van der Waals surface area contributed by atoms with Crippen LogP contribution in [-0.2, 0) is 99.5 Å². The van der Waals surface area contributed by atoms with E-state index in [0.29, 0.717) is 271 Å². The van der Waals surface area contributed by atoms with Crippen molar-refractivity contribution in [2.75, 3.05) is 284 Å². The summed E-state index contributed by atoms with van der Waals surface area (Å²) in [5.41, 5.74) is 0. The molecule has 22 nitrogen and oxygen atoms in total. The van der Waals surface area contributed by atoms with E-state index in [9.17, 15) is 0 Å². The SMILES string of the molecule is CCCCCCCCCCCCCCCCCOCCOCCOCCOCCOCCOCCOCCOCCOCCOCCOCCOCCOCCOCCOCCOCCOCCOCCOCCOCCOCCO. The molecule has 0 heterocycles. The van der Waals surface area contributed by atoms with Crippen LogP contribution in [0.25, 0.3) is 0 Å². The third kappa shape index (κ3) is 79.1. The van der Waals surface area contributed by atoms with Gasteiger partial charge >= 0.3 is 0 Å². The molecule has 0 aliphatic rings. The van der Waals surface area contributed by atoms with E-state index in [2.05, 4.69) is 6.92 Å². The van der Waals surface area contributed by atoms with Crippen molar-refractivity contribution in [2.24, 2.45) is 0 Å². The molecule has 0 radical (unpaired) electrons. The molecule has 0 rings (SSSR count). The molecule has 0 spiro atoms. The molecule has 0 aliphatic carbocycles. The molecule has 0 atom stereocenters. The standard InChI is InChI=1S/C59H120O22/c1-2-3-4-5-6-7-8-9-10-11-12-13-14-15-16-18-61-20-22-63-24-26-65-28-30-67-32-34-69-36-38-71-40-42-73-44-46-75-48-50-77-52-54-79-56-58-81-59-57-80-55-53-78-51-49-76-47-45-74-43-41-72-39-37-70-35-33-68-31-29-66-27-25-64-23-21-62-19-17-60/h60H,2-59H2,1H3. The predicted molar refractivity (Wildman–Crippen MR) is 309 cm³/mol. The van der Waals surface area contributed by atoms with Gasteiger partial charge in [0.05, 0.1) is 277 Å². The van der Waals surface area contributed by atoms with Crippen LogP contribution in [-0.4, -0.2) is 289 Å². The molecule has 0 aliphatic heterocycles. The van der Waals surface area contributed by atoms with Crippen molar-refractivity contribution in [3.63, 3.8) is 0 Å². The van der Waals surface area contributed by atoms with Crippen LogP contribution in [0.15, 0.2) is 0 Å². The van der Waals surface area contributed by atoms with Crippen molar-refractivity contribution in [1.82, 2.24) is 0 Å². The average Bonchev–Trinajstić information content (AvgIpc) is 3.48. The maximum Gasteiger partial charge on any atom is 0.0701 e. The Morgan fingerprint density at radius 1 is 0.136 bits per heavy atom. The lowest BCUT2D eigenvalue weighted by molar-refractivity contribution is -0.0316. The molecule has 0 saturated carbocycles. The van der Waals surface area contributed by atoms with Crippen LogP contribution in [0.1, 0.15) is 103 Å². The molecule has 0 unspecified atom stereocenters. The van der Waals surface area contributed by atoms with E-state index in [1.54, 1.807) is 0 Å². The second-order valence-electron chi connectivity index (χ2n) is 18.5. The summed E-state index contributed by atoms with van der Waals surface area (Å²) in [6, 6.07) is 0. The fourth-order valence-electron chi connectivity index (χ4n) is 7.14. The number of rotatable bonds is 78. The van der Waals surface area contributed by atoms with Crippen LogP contribution in [0, 0.1) is 0 Å². The van der Waals surface area contributed by atoms with Gasteiger partial charge in [-0.25, -0.2) is 0 Å². The highest BCUT2D eigenvalue weighted by molar-refractivity contribution is 4.50. The smallest absolute Gasteiger partial charge is 0.0701 e. The maximum atomic E-state index is 8.61. The summed E-state index contributed by atoms with van der Waals surface area (Å²) in [6.45, 7) is 23.7. The molecule has 0 aromatic heterocycles. The van der Waals surface area contributed by atoms with Gasteiger partial charge in [-0.2, -0.15) is 0 Å². The number of ether oxygens (including phenoxy) is 21. The van der Waals surface area contributed by atoms with Gasteiger partial charge < -0.3 is 105 Å². The molecule has 488 valence electrons. The van der Waals surface area contributed by atoms with Gasteiger partial charge in [-0.3, -0.25) is 0 Å². The molecular weight excluding hydrogens is 1060 g/mol. The fraction of sp³-hybridized carbons (Fsp3) is 1.00. The second-order valence-corrected chi connectivity index (χ2v) is 18.5. The summed E-state index contributed by atoms with van der Waals surface area (Å²) >= 11 is 0. The predicted octanol–water partition coefficient (Wildman–Crippen LogP) is 6.20. The topological polar surface area (TPSA) is 214 Å². The summed E-state index contributed by atoms with van der Waals surface area (Å²) < 4.78 is 116. The molecule has 0 aromatic rings. The summed E-state index contributed by atoms with van der Waals surface area (Å²) in [5, 5.41) is 8.61. The van der Waals surface area contributed by atoms with Crippen LogP contribution in [0.5, 0.6) is 0 Å². The first kappa shape index (κ1) is 80.1. The van der Waals surface area contributed by atoms with E-state index in [0.717, 1.165) is 13.0 Å². The number of hydrogen-bond donors (Lipinski definition) is 1. The molecule has 0 bridgehead atoms. The van der Waals surface area contributed by atoms with Crippen molar-refractivity contribution < 1.29 is 105 Å². The van der Waals surface area contributed by atoms with E-state index in [4.69, 9.17) is 105 Å². The minimum atomic E-state index is 0.0197. The number of aliphatic hydroxyl groups excluding tert-OH is 1. The van der Waals surface area contributed by atoms with Gasteiger partial charge in [0.15, 0.2) is 0 Å². The van der Waals surface area contributed by atoms with Gasteiger partial charge in [-0.05, 0) is 6.42 Å². The zero-order valence-corrected chi connectivity index (χ0v) is 51.0. The maximum absolute atomic E-state index is 8.61.